The van der Waals surface area contributed by atoms with Crippen LogP contribution in [-0.4, -0.2) is 29.6 Å². The summed E-state index contributed by atoms with van der Waals surface area (Å²) in [6.07, 6.45) is 5.20. The first-order chi connectivity index (χ1) is 8.90. The molecule has 0 saturated carbocycles. The summed E-state index contributed by atoms with van der Waals surface area (Å²) in [6, 6.07) is 10.7. The number of benzene rings is 1. The Morgan fingerprint density at radius 1 is 1.28 bits per heavy atom. The molecule has 92 valence electrons. The molecule has 18 heavy (non-hydrogen) atoms. The first-order valence-electron chi connectivity index (χ1n) is 6.04. The number of aromatic nitrogens is 2. The van der Waals surface area contributed by atoms with Crippen molar-refractivity contribution in [3.63, 3.8) is 0 Å². The zero-order valence-corrected chi connectivity index (χ0v) is 12.7. The molecule has 0 amide bonds. The van der Waals surface area contributed by atoms with Crippen molar-refractivity contribution in [1.29, 1.82) is 0 Å². The van der Waals surface area contributed by atoms with Gasteiger partial charge in [-0.25, -0.2) is 0 Å². The Balaban J connectivity index is 2.12. The molecule has 0 aliphatic carbocycles. The molecule has 2 aromatic heterocycles. The summed E-state index contributed by atoms with van der Waals surface area (Å²) in [7, 11) is 0. The second-order valence-electron chi connectivity index (χ2n) is 4.03. The summed E-state index contributed by atoms with van der Waals surface area (Å²) >= 11 is 2.29. The molecule has 2 nitrogen and oxygen atoms in total. The third kappa shape index (κ3) is 2.16. The van der Waals surface area contributed by atoms with E-state index in [4.69, 9.17) is 0 Å². The molecule has 0 aliphatic heterocycles. The van der Waals surface area contributed by atoms with Gasteiger partial charge in [0, 0.05) is 0 Å². The predicted molar refractivity (Wildman–Crippen MR) is 78.6 cm³/mol. The van der Waals surface area contributed by atoms with Crippen LogP contribution in [0.15, 0.2) is 47.8 Å². The predicted octanol–water partition coefficient (Wildman–Crippen LogP) is 3.56. The van der Waals surface area contributed by atoms with Crippen LogP contribution in [0.25, 0.3) is 14.5 Å². The topological polar surface area (TPSA) is 17.3 Å². The Morgan fingerprint density at radius 3 is 2.89 bits per heavy atom. The van der Waals surface area contributed by atoms with Gasteiger partial charge in [-0.3, -0.25) is 0 Å². The average molecular weight is 321 g/mol. The molecule has 0 unspecified atom stereocenters. The summed E-state index contributed by atoms with van der Waals surface area (Å²) < 4.78 is 4.97. The van der Waals surface area contributed by atoms with Crippen LogP contribution in [0.1, 0.15) is 13.3 Å². The number of rotatable bonds is 4. The number of hydrogen-bond donors (Lipinski definition) is 0. The Morgan fingerprint density at radius 2 is 2.11 bits per heavy atom. The number of thioether (sulfide) groups is 1. The van der Waals surface area contributed by atoms with Crippen LogP contribution in [0.4, 0.5) is 0 Å². The quantitative estimate of drug-likeness (QED) is 0.540. The van der Waals surface area contributed by atoms with Crippen molar-refractivity contribution in [3.05, 3.63) is 42.7 Å². The van der Waals surface area contributed by atoms with Crippen LogP contribution < -0.4 is 0 Å². The molecule has 4 heteroatoms. The SMILES string of the molecule is CCCSc1c(-c2ccccc2)[se]c2nccn12. The monoisotopic (exact) mass is 322 g/mol. The van der Waals surface area contributed by atoms with E-state index in [0.717, 1.165) is 0 Å². The van der Waals surface area contributed by atoms with Crippen LogP contribution >= 0.6 is 11.8 Å². The molecule has 0 bridgehead atoms. The molecule has 0 N–H and O–H groups in total. The number of fused-ring (bicyclic) bond motifs is 1. The van der Waals surface area contributed by atoms with Crippen LogP contribution in [0, 0.1) is 0 Å². The zero-order chi connectivity index (χ0) is 12.4. The van der Waals surface area contributed by atoms with Crippen molar-refractivity contribution in [1.82, 2.24) is 9.38 Å². The van der Waals surface area contributed by atoms with Gasteiger partial charge in [-0.2, -0.15) is 0 Å². The molecular weight excluding hydrogens is 307 g/mol. The van der Waals surface area contributed by atoms with Gasteiger partial charge in [-0.05, 0) is 0 Å². The van der Waals surface area contributed by atoms with Gasteiger partial charge in [0.15, 0.2) is 0 Å². The van der Waals surface area contributed by atoms with Gasteiger partial charge in [-0.15, -0.1) is 0 Å². The fraction of sp³-hybridized carbons (Fsp3) is 0.214. The minimum absolute atomic E-state index is 0.334. The molecule has 1 aromatic carbocycles. The van der Waals surface area contributed by atoms with Gasteiger partial charge in [-0.1, -0.05) is 0 Å². The third-order valence-electron chi connectivity index (χ3n) is 2.69. The normalized spacial score (nSPS) is 11.2. The van der Waals surface area contributed by atoms with Crippen LogP contribution in [0.2, 0.25) is 0 Å². The van der Waals surface area contributed by atoms with Crippen LogP contribution in [-0.2, 0) is 0 Å². The van der Waals surface area contributed by atoms with Crippen LogP contribution in [0.5, 0.6) is 0 Å². The molecule has 3 aromatic rings. The van der Waals surface area contributed by atoms with Gasteiger partial charge < -0.3 is 0 Å². The van der Waals surface area contributed by atoms with E-state index in [1.807, 2.05) is 18.0 Å². The first kappa shape index (κ1) is 12.1. The van der Waals surface area contributed by atoms with E-state index in [0.29, 0.717) is 14.5 Å². The second-order valence-corrected chi connectivity index (χ2v) is 7.17. The van der Waals surface area contributed by atoms with Gasteiger partial charge >= 0.3 is 117 Å². The van der Waals surface area contributed by atoms with Gasteiger partial charge in [0.05, 0.1) is 0 Å². The van der Waals surface area contributed by atoms with E-state index in [-0.39, 0.29) is 0 Å². The van der Waals surface area contributed by atoms with Crippen molar-refractivity contribution in [2.24, 2.45) is 0 Å². The van der Waals surface area contributed by atoms with Crippen molar-refractivity contribution < 1.29 is 0 Å². The number of nitrogens with zero attached hydrogens (tertiary/aromatic N) is 2. The van der Waals surface area contributed by atoms with E-state index in [2.05, 4.69) is 52.8 Å². The molecule has 0 fully saturated rings. The van der Waals surface area contributed by atoms with Gasteiger partial charge in [0.1, 0.15) is 0 Å². The van der Waals surface area contributed by atoms with E-state index in [1.165, 1.54) is 31.7 Å². The second kappa shape index (κ2) is 5.35. The summed E-state index contributed by atoms with van der Waals surface area (Å²) in [5.74, 6) is 1.17. The summed E-state index contributed by atoms with van der Waals surface area (Å²) in [4.78, 5) is 4.47. The summed E-state index contributed by atoms with van der Waals surface area (Å²) in [6.45, 7) is 2.23. The molecule has 3 rings (SSSR count). The van der Waals surface area contributed by atoms with E-state index in [9.17, 15) is 0 Å². The Hall–Kier alpha value is -0.961. The molecule has 0 radical (unpaired) electrons. The van der Waals surface area contributed by atoms with Crippen molar-refractivity contribution in [2.75, 3.05) is 5.75 Å². The fourth-order valence-electron chi connectivity index (χ4n) is 1.87. The summed E-state index contributed by atoms with van der Waals surface area (Å²) in [5.41, 5.74) is 1.35. The summed E-state index contributed by atoms with van der Waals surface area (Å²) in [5, 5.41) is 1.38. The Kier molecular flexibility index (Phi) is 3.59. The maximum absolute atomic E-state index is 4.47. The van der Waals surface area contributed by atoms with Crippen molar-refractivity contribution in [3.8, 4) is 10.0 Å². The molecule has 0 aliphatic rings. The van der Waals surface area contributed by atoms with E-state index in [1.54, 1.807) is 0 Å². The average Bonchev–Trinajstić information content (AvgIpc) is 2.98. The maximum atomic E-state index is 4.47. The van der Waals surface area contributed by atoms with Gasteiger partial charge in [0.2, 0.25) is 0 Å². The molecule has 0 saturated heterocycles. The molecule has 0 atom stereocenters. The van der Waals surface area contributed by atoms with Gasteiger partial charge in [0.25, 0.3) is 0 Å². The first-order valence-corrected chi connectivity index (χ1v) is 8.74. The molecule has 2 heterocycles. The minimum atomic E-state index is 0.334. The van der Waals surface area contributed by atoms with Crippen molar-refractivity contribution >= 4 is 30.8 Å². The Labute approximate surface area is 117 Å². The van der Waals surface area contributed by atoms with E-state index >= 15 is 0 Å². The number of hydrogen-bond acceptors (Lipinski definition) is 2. The number of imidazole rings is 1. The third-order valence-corrected chi connectivity index (χ3v) is 6.62. The fourth-order valence-corrected chi connectivity index (χ4v) is 5.59. The van der Waals surface area contributed by atoms with Crippen molar-refractivity contribution in [2.45, 2.75) is 18.4 Å². The van der Waals surface area contributed by atoms with Crippen LogP contribution in [0.3, 0.4) is 0 Å². The molecule has 0 spiro atoms. The standard InChI is InChI=1S/C14H14N2SSe/c1-2-10-17-13-12(11-6-4-3-5-7-11)18-14-15-8-9-16(13)14/h3-9H,2,10H2,1H3. The Bertz CT molecular complexity index is 642. The van der Waals surface area contributed by atoms with E-state index < -0.39 is 0 Å². The zero-order valence-electron chi connectivity index (χ0n) is 10.2. The molecular formula is C14H14N2SSe.